The highest BCUT2D eigenvalue weighted by molar-refractivity contribution is 5.82. The van der Waals surface area contributed by atoms with Crippen molar-refractivity contribution in [2.24, 2.45) is 11.3 Å². The second-order valence-electron chi connectivity index (χ2n) is 6.99. The first kappa shape index (κ1) is 13.9. The van der Waals surface area contributed by atoms with E-state index in [0.717, 1.165) is 26.1 Å². The molecule has 18 heavy (non-hydrogen) atoms. The largest absolute Gasteiger partial charge is 0.341 e. The highest BCUT2D eigenvalue weighted by Crippen LogP contribution is 2.33. The molecule has 0 radical (unpaired) electrons. The topological polar surface area (TPSA) is 32.3 Å². The Morgan fingerprint density at radius 3 is 2.61 bits per heavy atom. The normalized spacial score (nSPS) is 30.3. The minimum Gasteiger partial charge on any atom is -0.341 e. The molecular formula is C15H28N2O. The third-order valence-corrected chi connectivity index (χ3v) is 4.58. The molecule has 0 aromatic carbocycles. The van der Waals surface area contributed by atoms with Gasteiger partial charge in [0.05, 0.1) is 6.04 Å². The van der Waals surface area contributed by atoms with E-state index in [1.807, 2.05) is 0 Å². The summed E-state index contributed by atoms with van der Waals surface area (Å²) in [4.78, 5) is 14.6. The Bertz CT molecular complexity index is 287. The maximum absolute atomic E-state index is 12.5. The maximum atomic E-state index is 12.5. The highest BCUT2D eigenvalue weighted by Gasteiger charge is 2.35. The zero-order chi connectivity index (χ0) is 13.2. The first-order valence-electron chi connectivity index (χ1n) is 7.50. The van der Waals surface area contributed by atoms with E-state index >= 15 is 0 Å². The molecule has 2 rings (SSSR count). The van der Waals surface area contributed by atoms with E-state index in [1.54, 1.807) is 0 Å². The molecule has 0 aliphatic carbocycles. The molecule has 2 aliphatic rings. The molecule has 3 nitrogen and oxygen atoms in total. The van der Waals surface area contributed by atoms with Gasteiger partial charge in [0.15, 0.2) is 0 Å². The summed E-state index contributed by atoms with van der Waals surface area (Å²) in [6.45, 7) is 9.78. The van der Waals surface area contributed by atoms with Crippen LogP contribution in [0.1, 0.15) is 52.9 Å². The molecule has 2 atom stereocenters. The Morgan fingerprint density at radius 2 is 1.94 bits per heavy atom. The fourth-order valence-electron chi connectivity index (χ4n) is 3.13. The second-order valence-corrected chi connectivity index (χ2v) is 6.99. The number of hydrogen-bond donors (Lipinski definition) is 1. The number of likely N-dealkylation sites (tertiary alicyclic amines) is 1. The molecule has 2 fully saturated rings. The SMILES string of the molecule is CC(C)(C)C1CCN(C(=O)C2CCCCCN2)C1. The van der Waals surface area contributed by atoms with Crippen molar-refractivity contribution >= 4 is 5.91 Å². The van der Waals surface area contributed by atoms with Gasteiger partial charge in [-0.15, -0.1) is 0 Å². The number of nitrogens with one attached hydrogen (secondary N) is 1. The fraction of sp³-hybridized carbons (Fsp3) is 0.933. The predicted octanol–water partition coefficient (Wildman–Crippen LogP) is 2.41. The van der Waals surface area contributed by atoms with Gasteiger partial charge in [0.25, 0.3) is 0 Å². The van der Waals surface area contributed by atoms with Crippen LogP contribution in [0.2, 0.25) is 0 Å². The summed E-state index contributed by atoms with van der Waals surface area (Å²) in [5.41, 5.74) is 0.325. The van der Waals surface area contributed by atoms with Crippen LogP contribution in [0, 0.1) is 11.3 Å². The van der Waals surface area contributed by atoms with Crippen molar-refractivity contribution in [3.05, 3.63) is 0 Å². The van der Waals surface area contributed by atoms with Gasteiger partial charge < -0.3 is 10.2 Å². The molecule has 2 heterocycles. The van der Waals surface area contributed by atoms with Crippen molar-refractivity contribution in [1.82, 2.24) is 10.2 Å². The summed E-state index contributed by atoms with van der Waals surface area (Å²) >= 11 is 0. The maximum Gasteiger partial charge on any atom is 0.239 e. The van der Waals surface area contributed by atoms with Crippen molar-refractivity contribution in [1.29, 1.82) is 0 Å². The molecule has 0 aromatic heterocycles. The third-order valence-electron chi connectivity index (χ3n) is 4.58. The van der Waals surface area contributed by atoms with Gasteiger partial charge in [-0.25, -0.2) is 0 Å². The summed E-state index contributed by atoms with van der Waals surface area (Å²) in [7, 11) is 0. The smallest absolute Gasteiger partial charge is 0.239 e. The number of carbonyl (C=O) groups excluding carboxylic acids is 1. The lowest BCUT2D eigenvalue weighted by Gasteiger charge is -2.28. The van der Waals surface area contributed by atoms with Gasteiger partial charge >= 0.3 is 0 Å². The van der Waals surface area contributed by atoms with Gasteiger partial charge in [-0.2, -0.15) is 0 Å². The third kappa shape index (κ3) is 3.25. The van der Waals surface area contributed by atoms with E-state index in [2.05, 4.69) is 31.0 Å². The number of carbonyl (C=O) groups is 1. The van der Waals surface area contributed by atoms with E-state index in [1.165, 1.54) is 25.7 Å². The van der Waals surface area contributed by atoms with Crippen LogP contribution in [0.25, 0.3) is 0 Å². The molecular weight excluding hydrogens is 224 g/mol. The minimum atomic E-state index is 0.0891. The highest BCUT2D eigenvalue weighted by atomic mass is 16.2. The molecule has 1 N–H and O–H groups in total. The van der Waals surface area contributed by atoms with Crippen molar-refractivity contribution in [3.8, 4) is 0 Å². The van der Waals surface area contributed by atoms with Gasteiger partial charge in [-0.1, -0.05) is 33.6 Å². The Labute approximate surface area is 111 Å². The van der Waals surface area contributed by atoms with E-state index in [4.69, 9.17) is 0 Å². The van der Waals surface area contributed by atoms with Crippen LogP contribution in [0.3, 0.4) is 0 Å². The molecule has 104 valence electrons. The summed E-state index contributed by atoms with van der Waals surface area (Å²) in [5, 5.41) is 3.42. The molecule has 2 saturated heterocycles. The molecule has 1 amide bonds. The Kier molecular flexibility index (Phi) is 4.31. The molecule has 0 bridgehead atoms. The average Bonchev–Trinajstić information content (AvgIpc) is 2.65. The van der Waals surface area contributed by atoms with Crippen LogP contribution in [0.4, 0.5) is 0 Å². The zero-order valence-corrected chi connectivity index (χ0v) is 12.2. The van der Waals surface area contributed by atoms with Gasteiger partial charge in [-0.3, -0.25) is 4.79 Å². The van der Waals surface area contributed by atoms with Gasteiger partial charge in [0.2, 0.25) is 5.91 Å². The van der Waals surface area contributed by atoms with Crippen LogP contribution < -0.4 is 5.32 Å². The first-order valence-corrected chi connectivity index (χ1v) is 7.50. The van der Waals surface area contributed by atoms with Crippen LogP contribution in [-0.2, 0) is 4.79 Å². The van der Waals surface area contributed by atoms with Crippen molar-refractivity contribution < 1.29 is 4.79 Å². The van der Waals surface area contributed by atoms with Crippen molar-refractivity contribution in [3.63, 3.8) is 0 Å². The summed E-state index contributed by atoms with van der Waals surface area (Å²) in [6.07, 6.45) is 5.87. The van der Waals surface area contributed by atoms with Crippen molar-refractivity contribution in [2.75, 3.05) is 19.6 Å². The van der Waals surface area contributed by atoms with Gasteiger partial charge in [-0.05, 0) is 37.1 Å². The molecule has 3 heteroatoms. The van der Waals surface area contributed by atoms with E-state index < -0.39 is 0 Å². The summed E-state index contributed by atoms with van der Waals surface area (Å²) in [6, 6.07) is 0.0891. The molecule has 0 aromatic rings. The molecule has 0 spiro atoms. The number of rotatable bonds is 1. The lowest BCUT2D eigenvalue weighted by molar-refractivity contribution is -0.132. The molecule has 2 aliphatic heterocycles. The van der Waals surface area contributed by atoms with Gasteiger partial charge in [0.1, 0.15) is 0 Å². The summed E-state index contributed by atoms with van der Waals surface area (Å²) < 4.78 is 0. The summed E-state index contributed by atoms with van der Waals surface area (Å²) in [5.74, 6) is 1.01. The number of amides is 1. The average molecular weight is 252 g/mol. The lowest BCUT2D eigenvalue weighted by Crippen LogP contribution is -2.45. The quantitative estimate of drug-likeness (QED) is 0.777. The second kappa shape index (κ2) is 5.60. The minimum absolute atomic E-state index is 0.0891. The molecule has 2 unspecified atom stereocenters. The number of nitrogens with zero attached hydrogens (tertiary/aromatic N) is 1. The van der Waals surface area contributed by atoms with Crippen LogP contribution in [-0.4, -0.2) is 36.5 Å². The fourth-order valence-corrected chi connectivity index (χ4v) is 3.13. The lowest BCUT2D eigenvalue weighted by atomic mass is 9.80. The van der Waals surface area contributed by atoms with Gasteiger partial charge in [0, 0.05) is 13.1 Å². The van der Waals surface area contributed by atoms with E-state index in [9.17, 15) is 4.79 Å². The molecule has 0 saturated carbocycles. The Hall–Kier alpha value is -0.570. The van der Waals surface area contributed by atoms with Crippen LogP contribution in [0.5, 0.6) is 0 Å². The van der Waals surface area contributed by atoms with Crippen LogP contribution >= 0.6 is 0 Å². The predicted molar refractivity (Wildman–Crippen MR) is 74.4 cm³/mol. The van der Waals surface area contributed by atoms with Crippen molar-refractivity contribution in [2.45, 2.75) is 58.9 Å². The Morgan fingerprint density at radius 1 is 1.17 bits per heavy atom. The standard InChI is InChI=1S/C15H28N2O/c1-15(2,3)12-8-10-17(11-12)14(18)13-7-5-4-6-9-16-13/h12-13,16H,4-11H2,1-3H3. The number of hydrogen-bond acceptors (Lipinski definition) is 2. The Balaban J connectivity index is 1.90. The van der Waals surface area contributed by atoms with Crippen LogP contribution in [0.15, 0.2) is 0 Å². The zero-order valence-electron chi connectivity index (χ0n) is 12.2. The van der Waals surface area contributed by atoms with E-state index in [-0.39, 0.29) is 6.04 Å². The first-order chi connectivity index (χ1) is 8.48. The van der Waals surface area contributed by atoms with E-state index in [0.29, 0.717) is 17.2 Å². The monoisotopic (exact) mass is 252 g/mol.